The van der Waals surface area contributed by atoms with Crippen LogP contribution in [0.1, 0.15) is 24.0 Å². The van der Waals surface area contributed by atoms with Crippen molar-refractivity contribution in [3.05, 3.63) is 75.6 Å². The number of aryl methyl sites for hydroxylation is 2. The molecule has 1 N–H and O–H groups in total. The van der Waals surface area contributed by atoms with Gasteiger partial charge in [0, 0.05) is 43.7 Å². The van der Waals surface area contributed by atoms with Crippen molar-refractivity contribution >= 4 is 11.8 Å². The first kappa shape index (κ1) is 20.3. The van der Waals surface area contributed by atoms with Crippen LogP contribution in [0.25, 0.3) is 0 Å². The van der Waals surface area contributed by atoms with Crippen LogP contribution in [0.2, 0.25) is 0 Å². The molecule has 1 unspecified atom stereocenters. The number of nitrogens with zero attached hydrogens (tertiary/aromatic N) is 2. The van der Waals surface area contributed by atoms with Crippen molar-refractivity contribution in [1.82, 2.24) is 9.47 Å². The molecule has 0 aliphatic carbocycles. The Morgan fingerprint density at radius 1 is 1.17 bits per heavy atom. The van der Waals surface area contributed by atoms with Crippen molar-refractivity contribution in [3.8, 4) is 5.75 Å². The Balaban J connectivity index is 1.26. The van der Waals surface area contributed by atoms with Gasteiger partial charge in [0.25, 0.3) is 5.56 Å². The molecule has 2 aliphatic heterocycles. The predicted molar refractivity (Wildman–Crippen MR) is 117 cm³/mol. The molecule has 2 aromatic rings. The molecule has 1 aromatic carbocycles. The fourth-order valence-electron chi connectivity index (χ4n) is 3.77. The summed E-state index contributed by atoms with van der Waals surface area (Å²) < 4.78 is 7.50. The van der Waals surface area contributed by atoms with E-state index >= 15 is 0 Å². The highest BCUT2D eigenvalue weighted by molar-refractivity contribution is 8.03. The third kappa shape index (κ3) is 5.75. The van der Waals surface area contributed by atoms with E-state index < -0.39 is 0 Å². The van der Waals surface area contributed by atoms with E-state index in [1.54, 1.807) is 22.4 Å². The van der Waals surface area contributed by atoms with Crippen molar-refractivity contribution in [3.63, 3.8) is 0 Å². The fourth-order valence-corrected chi connectivity index (χ4v) is 4.58. The van der Waals surface area contributed by atoms with Crippen LogP contribution < -0.4 is 10.3 Å². The van der Waals surface area contributed by atoms with E-state index in [-0.39, 0.29) is 11.7 Å². The van der Waals surface area contributed by atoms with Gasteiger partial charge in [0.05, 0.1) is 6.10 Å². The van der Waals surface area contributed by atoms with Crippen LogP contribution in [0.4, 0.5) is 0 Å². The highest BCUT2D eigenvalue weighted by atomic mass is 32.2. The molecule has 1 fully saturated rings. The van der Waals surface area contributed by atoms with Crippen LogP contribution in [0.5, 0.6) is 5.75 Å². The molecule has 0 saturated carbocycles. The average Bonchev–Trinajstić information content (AvgIpc) is 3.38. The monoisotopic (exact) mass is 412 g/mol. The first-order valence-corrected chi connectivity index (χ1v) is 11.2. The summed E-state index contributed by atoms with van der Waals surface area (Å²) in [6, 6.07) is 12.0. The normalized spacial score (nSPS) is 21.7. The molecule has 0 radical (unpaired) electrons. The topological polar surface area (TPSA) is 54.7 Å². The van der Waals surface area contributed by atoms with Gasteiger partial charge in [-0.25, -0.2) is 0 Å². The largest absolute Gasteiger partial charge is 0.492 e. The molecule has 4 rings (SSSR count). The minimum Gasteiger partial charge on any atom is -0.492 e. The van der Waals surface area contributed by atoms with Crippen molar-refractivity contribution in [1.29, 1.82) is 0 Å². The number of allylic oxidation sites excluding steroid dienone is 1. The fraction of sp³-hybridized carbons (Fsp3) is 0.435. The third-order valence-electron chi connectivity index (χ3n) is 5.49. The molecule has 0 spiro atoms. The second-order valence-electron chi connectivity index (χ2n) is 7.81. The average molecular weight is 413 g/mol. The Kier molecular flexibility index (Phi) is 6.74. The van der Waals surface area contributed by atoms with Crippen molar-refractivity contribution in [2.45, 2.75) is 43.7 Å². The van der Waals surface area contributed by atoms with E-state index in [0.717, 1.165) is 38.9 Å². The van der Waals surface area contributed by atoms with Crippen LogP contribution >= 0.6 is 11.8 Å². The number of rotatable bonds is 8. The lowest BCUT2D eigenvalue weighted by Gasteiger charge is -2.15. The first-order chi connectivity index (χ1) is 14.2. The molecule has 2 atom stereocenters. The number of thioether (sulfide) groups is 1. The molecule has 29 heavy (non-hydrogen) atoms. The number of pyridine rings is 1. The van der Waals surface area contributed by atoms with Gasteiger partial charge in [-0.15, -0.1) is 11.8 Å². The van der Waals surface area contributed by atoms with Gasteiger partial charge >= 0.3 is 0 Å². The molecule has 154 valence electrons. The van der Waals surface area contributed by atoms with Crippen LogP contribution in [-0.4, -0.2) is 45.6 Å². The second kappa shape index (κ2) is 9.65. The van der Waals surface area contributed by atoms with Crippen molar-refractivity contribution in [2.24, 2.45) is 0 Å². The third-order valence-corrected chi connectivity index (χ3v) is 6.55. The zero-order valence-corrected chi connectivity index (χ0v) is 17.4. The molecule has 6 heteroatoms. The SMILES string of the molecule is O=c1cc(OCC2CC=CS2)ccn1CCc1ccc(CN2CC[C@H](O)C2)cc1. The zero-order chi connectivity index (χ0) is 20.1. The minimum atomic E-state index is -0.178. The van der Waals surface area contributed by atoms with Gasteiger partial charge in [0.15, 0.2) is 0 Å². The van der Waals surface area contributed by atoms with E-state index in [2.05, 4.69) is 40.6 Å². The Morgan fingerprint density at radius 2 is 2.00 bits per heavy atom. The van der Waals surface area contributed by atoms with E-state index in [0.29, 0.717) is 24.2 Å². The second-order valence-corrected chi connectivity index (χ2v) is 9.03. The van der Waals surface area contributed by atoms with Gasteiger partial charge in [-0.05, 0) is 41.9 Å². The number of ether oxygens (including phenoxy) is 1. The van der Waals surface area contributed by atoms with Gasteiger partial charge in [0.1, 0.15) is 12.4 Å². The van der Waals surface area contributed by atoms with Crippen molar-refractivity contribution < 1.29 is 9.84 Å². The molecular formula is C23H28N2O3S. The number of benzene rings is 1. The first-order valence-electron chi connectivity index (χ1n) is 10.3. The highest BCUT2D eigenvalue weighted by Crippen LogP contribution is 2.24. The lowest BCUT2D eigenvalue weighted by molar-refractivity contribution is 0.175. The van der Waals surface area contributed by atoms with Crippen LogP contribution in [0.3, 0.4) is 0 Å². The Labute approximate surface area is 176 Å². The molecule has 1 saturated heterocycles. The summed E-state index contributed by atoms with van der Waals surface area (Å²) in [4.78, 5) is 14.7. The minimum absolute atomic E-state index is 0.0242. The number of likely N-dealkylation sites (tertiary alicyclic amines) is 1. The molecule has 2 aliphatic rings. The summed E-state index contributed by atoms with van der Waals surface area (Å²) in [6.07, 6.45) is 6.51. The smallest absolute Gasteiger partial charge is 0.254 e. The standard InChI is InChI=1S/C23H28N2O3S/c26-20-8-10-24(16-20)15-19-5-3-18(4-6-19)7-11-25-12-9-21(14-23(25)27)28-17-22-2-1-13-29-22/h1,3-6,9,12-14,20,22,26H,2,7-8,10-11,15-17H2/t20-,22?/m0/s1. The van der Waals surface area contributed by atoms with Crippen molar-refractivity contribution in [2.75, 3.05) is 19.7 Å². The molecule has 5 nitrogen and oxygen atoms in total. The Bertz CT molecular complexity index is 886. The number of hydrogen-bond acceptors (Lipinski definition) is 5. The number of aliphatic hydroxyl groups is 1. The quantitative estimate of drug-likeness (QED) is 0.722. The van der Waals surface area contributed by atoms with E-state index in [1.807, 2.05) is 12.3 Å². The predicted octanol–water partition coefficient (Wildman–Crippen LogP) is 3.06. The summed E-state index contributed by atoms with van der Waals surface area (Å²) in [5.74, 6) is 0.648. The molecular weight excluding hydrogens is 384 g/mol. The van der Waals surface area contributed by atoms with E-state index in [9.17, 15) is 9.90 Å². The number of aromatic nitrogens is 1. The van der Waals surface area contributed by atoms with E-state index in [1.165, 1.54) is 11.1 Å². The van der Waals surface area contributed by atoms with Gasteiger partial charge in [-0.1, -0.05) is 30.3 Å². The zero-order valence-electron chi connectivity index (χ0n) is 16.6. The van der Waals surface area contributed by atoms with E-state index in [4.69, 9.17) is 4.74 Å². The maximum atomic E-state index is 12.4. The summed E-state index contributed by atoms with van der Waals surface area (Å²) >= 11 is 1.78. The molecule has 3 heterocycles. The van der Waals surface area contributed by atoms with Crippen LogP contribution in [0, 0.1) is 0 Å². The van der Waals surface area contributed by atoms with Crippen LogP contribution in [-0.2, 0) is 19.5 Å². The number of aliphatic hydroxyl groups excluding tert-OH is 1. The highest BCUT2D eigenvalue weighted by Gasteiger charge is 2.19. The maximum absolute atomic E-state index is 12.4. The van der Waals surface area contributed by atoms with Crippen LogP contribution in [0.15, 0.2) is 58.9 Å². The summed E-state index contributed by atoms with van der Waals surface area (Å²) in [5.41, 5.74) is 2.45. The molecule has 0 amide bonds. The maximum Gasteiger partial charge on any atom is 0.254 e. The summed E-state index contributed by atoms with van der Waals surface area (Å²) in [5, 5.41) is 12.2. The van der Waals surface area contributed by atoms with Gasteiger partial charge < -0.3 is 14.4 Å². The Hall–Kier alpha value is -2.02. The number of β-amino-alcohol motifs (C(OH)–C–C–N with tert-alkyl or cyclic N) is 1. The lowest BCUT2D eigenvalue weighted by atomic mass is 10.1. The Morgan fingerprint density at radius 3 is 2.69 bits per heavy atom. The lowest BCUT2D eigenvalue weighted by Crippen LogP contribution is -2.21. The van der Waals surface area contributed by atoms with Gasteiger partial charge in [-0.3, -0.25) is 9.69 Å². The summed E-state index contributed by atoms with van der Waals surface area (Å²) in [7, 11) is 0. The summed E-state index contributed by atoms with van der Waals surface area (Å²) in [6.45, 7) is 3.89. The number of hydrogen-bond donors (Lipinski definition) is 1. The molecule has 1 aromatic heterocycles. The molecule has 0 bridgehead atoms. The van der Waals surface area contributed by atoms with Gasteiger partial charge in [-0.2, -0.15) is 0 Å². The van der Waals surface area contributed by atoms with Gasteiger partial charge in [0.2, 0.25) is 0 Å².